The van der Waals surface area contributed by atoms with E-state index in [4.69, 9.17) is 19.2 Å². The molecule has 28 heavy (non-hydrogen) atoms. The Morgan fingerprint density at radius 1 is 1.14 bits per heavy atom. The number of nitrogens with one attached hydrogen (secondary N) is 1. The Hall–Kier alpha value is -3.74. The van der Waals surface area contributed by atoms with Gasteiger partial charge in [-0.05, 0) is 23.8 Å². The highest BCUT2D eigenvalue weighted by Crippen LogP contribution is 2.34. The summed E-state index contributed by atoms with van der Waals surface area (Å²) in [5.41, 5.74) is 2.73. The van der Waals surface area contributed by atoms with Crippen molar-refractivity contribution in [3.05, 3.63) is 72.4 Å². The highest BCUT2D eigenvalue weighted by atomic mass is 16.7. The molecule has 0 saturated heterocycles. The highest BCUT2D eigenvalue weighted by Gasteiger charge is 2.24. The summed E-state index contributed by atoms with van der Waals surface area (Å²) in [5.74, 6) is 2.09. The fourth-order valence-corrected chi connectivity index (χ4v) is 3.37. The van der Waals surface area contributed by atoms with Crippen LogP contribution in [0, 0.1) is 0 Å². The van der Waals surface area contributed by atoms with Crippen molar-refractivity contribution < 1.29 is 14.2 Å². The van der Waals surface area contributed by atoms with Crippen molar-refractivity contribution in [1.82, 2.24) is 15.2 Å². The Balaban J connectivity index is 1.70. The molecule has 0 spiro atoms. The van der Waals surface area contributed by atoms with Gasteiger partial charge in [0.25, 0.3) is 0 Å². The molecule has 0 saturated carbocycles. The van der Waals surface area contributed by atoms with Crippen LogP contribution in [0.3, 0.4) is 0 Å². The molecular weight excluding hydrogens is 356 g/mol. The maximum atomic E-state index is 5.68. The average Bonchev–Trinajstić information content (AvgIpc) is 3.44. The van der Waals surface area contributed by atoms with E-state index in [2.05, 4.69) is 22.3 Å². The van der Waals surface area contributed by atoms with Crippen molar-refractivity contribution in [2.24, 2.45) is 0 Å². The van der Waals surface area contributed by atoms with Gasteiger partial charge in [0.05, 0.1) is 19.2 Å². The number of hydrogen-bond donors (Lipinski definition) is 1. The molecule has 0 atom stereocenters. The van der Waals surface area contributed by atoms with Gasteiger partial charge < -0.3 is 14.2 Å². The molecule has 2 aromatic heterocycles. The van der Waals surface area contributed by atoms with Gasteiger partial charge in [-0.2, -0.15) is 5.10 Å². The number of methoxy groups -OCH3 is 1. The van der Waals surface area contributed by atoms with Crippen molar-refractivity contribution >= 4 is 27.6 Å². The van der Waals surface area contributed by atoms with Crippen molar-refractivity contribution in [3.8, 4) is 5.75 Å². The molecule has 0 aliphatic carbocycles. The molecule has 0 unspecified atom stereocenters. The van der Waals surface area contributed by atoms with Gasteiger partial charge in [-0.1, -0.05) is 30.3 Å². The van der Waals surface area contributed by atoms with E-state index >= 15 is 0 Å². The number of fused-ring (bicyclic) bond motifs is 3. The molecule has 1 N–H and O–H groups in total. The zero-order valence-electron chi connectivity index (χ0n) is 15.3. The topological polar surface area (TPSA) is 72.5 Å². The molecule has 0 fully saturated rings. The van der Waals surface area contributed by atoms with Crippen molar-refractivity contribution in [1.29, 1.82) is 0 Å². The lowest BCUT2D eigenvalue weighted by Crippen LogP contribution is -2.23. The molecule has 1 aliphatic heterocycles. The summed E-state index contributed by atoms with van der Waals surface area (Å²) in [4.78, 5) is 6.88. The van der Waals surface area contributed by atoms with Gasteiger partial charge in [0.1, 0.15) is 17.5 Å². The van der Waals surface area contributed by atoms with E-state index in [1.807, 2.05) is 47.5 Å². The molecule has 3 heterocycles. The quantitative estimate of drug-likeness (QED) is 0.571. The fraction of sp³-hybridized carbons (Fsp3) is 0.143. The van der Waals surface area contributed by atoms with Crippen LogP contribution in [-0.4, -0.2) is 29.1 Å². The van der Waals surface area contributed by atoms with E-state index in [0.29, 0.717) is 18.2 Å². The van der Waals surface area contributed by atoms with Gasteiger partial charge in [0.15, 0.2) is 5.82 Å². The van der Waals surface area contributed by atoms with Gasteiger partial charge >= 0.3 is 0 Å². The predicted octanol–water partition coefficient (Wildman–Crippen LogP) is 3.93. The molecule has 1 aliphatic rings. The van der Waals surface area contributed by atoms with Gasteiger partial charge in [0, 0.05) is 17.0 Å². The first kappa shape index (κ1) is 16.4. The summed E-state index contributed by atoms with van der Waals surface area (Å²) < 4.78 is 16.4. The average molecular weight is 374 g/mol. The fourth-order valence-electron chi connectivity index (χ4n) is 3.37. The number of aromatic amines is 1. The number of benzene rings is 2. The third kappa shape index (κ3) is 2.77. The Bertz CT molecular complexity index is 1170. The normalized spacial score (nSPS) is 13.2. The van der Waals surface area contributed by atoms with Crippen LogP contribution < -0.4 is 9.64 Å². The summed E-state index contributed by atoms with van der Waals surface area (Å²) in [6.07, 6.45) is 3.49. The third-order valence-electron chi connectivity index (χ3n) is 4.74. The van der Waals surface area contributed by atoms with Crippen LogP contribution in [0.15, 0.2) is 66.9 Å². The summed E-state index contributed by atoms with van der Waals surface area (Å²) in [6.45, 7) is 0.766. The zero-order valence-corrected chi connectivity index (χ0v) is 15.3. The smallest absolute Gasteiger partial charge is 0.234 e. The lowest BCUT2D eigenvalue weighted by Gasteiger charge is -2.23. The van der Waals surface area contributed by atoms with Crippen LogP contribution in [0.25, 0.3) is 21.8 Å². The first-order valence-corrected chi connectivity index (χ1v) is 8.91. The zero-order chi connectivity index (χ0) is 18.9. The summed E-state index contributed by atoms with van der Waals surface area (Å²) >= 11 is 0. The van der Waals surface area contributed by atoms with E-state index in [1.165, 1.54) is 0 Å². The van der Waals surface area contributed by atoms with Crippen LogP contribution >= 0.6 is 0 Å². The number of anilines is 1. The van der Waals surface area contributed by atoms with E-state index < -0.39 is 0 Å². The molecule has 140 valence electrons. The van der Waals surface area contributed by atoms with Crippen LogP contribution in [-0.2, 0) is 16.0 Å². The Morgan fingerprint density at radius 3 is 2.82 bits per heavy atom. The Labute approximate surface area is 161 Å². The first-order valence-electron chi connectivity index (χ1n) is 8.91. The van der Waals surface area contributed by atoms with Crippen LogP contribution in [0.1, 0.15) is 5.56 Å². The largest absolute Gasteiger partial charge is 0.497 e. The number of hydrogen-bond acceptors (Lipinski definition) is 6. The van der Waals surface area contributed by atoms with Gasteiger partial charge in [0.2, 0.25) is 12.7 Å². The number of nitrogens with zero attached hydrogens (tertiary/aromatic N) is 3. The SMILES string of the molecule is COc1ccc2nc(N(Cc3ccccc3)C3=COCO3)c3n[nH]cc3c2c1. The molecule has 0 amide bonds. The number of aromatic nitrogens is 3. The second-order valence-corrected chi connectivity index (χ2v) is 6.42. The van der Waals surface area contributed by atoms with E-state index in [0.717, 1.165) is 33.1 Å². The van der Waals surface area contributed by atoms with E-state index in [9.17, 15) is 0 Å². The summed E-state index contributed by atoms with van der Waals surface area (Å²) in [6, 6.07) is 16.0. The number of pyridine rings is 1. The molecule has 0 bridgehead atoms. The minimum atomic E-state index is 0.190. The maximum Gasteiger partial charge on any atom is 0.234 e. The van der Waals surface area contributed by atoms with E-state index in [-0.39, 0.29) is 6.79 Å². The second-order valence-electron chi connectivity index (χ2n) is 6.42. The Morgan fingerprint density at radius 2 is 2.04 bits per heavy atom. The van der Waals surface area contributed by atoms with Crippen LogP contribution in [0.4, 0.5) is 5.82 Å². The van der Waals surface area contributed by atoms with Gasteiger partial charge in [-0.15, -0.1) is 0 Å². The minimum absolute atomic E-state index is 0.190. The number of rotatable bonds is 5. The van der Waals surface area contributed by atoms with Crippen LogP contribution in [0.2, 0.25) is 0 Å². The standard InChI is InChI=1S/C21H18N4O3/c1-26-15-7-8-18-16(9-15)17-10-22-24-20(17)21(23-18)25(19-12-27-13-28-19)11-14-5-3-2-4-6-14/h2-10,12H,11,13H2,1H3,(H,22,24). The number of ether oxygens (including phenoxy) is 3. The molecule has 7 heteroatoms. The first-order chi connectivity index (χ1) is 13.8. The second kappa shape index (κ2) is 6.77. The molecule has 0 radical (unpaired) electrons. The number of H-pyrrole nitrogens is 1. The van der Waals surface area contributed by atoms with Crippen LogP contribution in [0.5, 0.6) is 5.75 Å². The van der Waals surface area contributed by atoms with Gasteiger partial charge in [-0.25, -0.2) is 4.98 Å². The van der Waals surface area contributed by atoms with Crippen molar-refractivity contribution in [2.45, 2.75) is 6.54 Å². The molecule has 2 aromatic carbocycles. The monoisotopic (exact) mass is 374 g/mol. The molecule has 5 rings (SSSR count). The van der Waals surface area contributed by atoms with Gasteiger partial charge in [-0.3, -0.25) is 10.00 Å². The lowest BCUT2D eigenvalue weighted by atomic mass is 10.1. The van der Waals surface area contributed by atoms with Crippen molar-refractivity contribution in [2.75, 3.05) is 18.8 Å². The highest BCUT2D eigenvalue weighted by molar-refractivity contribution is 6.09. The predicted molar refractivity (Wildman–Crippen MR) is 106 cm³/mol. The molecule has 4 aromatic rings. The lowest BCUT2D eigenvalue weighted by molar-refractivity contribution is 0.0782. The molecular formula is C21H18N4O3. The summed E-state index contributed by atoms with van der Waals surface area (Å²) in [5, 5.41) is 9.38. The van der Waals surface area contributed by atoms with E-state index in [1.54, 1.807) is 13.4 Å². The maximum absolute atomic E-state index is 5.68. The molecule has 7 nitrogen and oxygen atoms in total. The minimum Gasteiger partial charge on any atom is -0.497 e. The summed E-state index contributed by atoms with van der Waals surface area (Å²) in [7, 11) is 1.65. The third-order valence-corrected chi connectivity index (χ3v) is 4.74. The Kier molecular flexibility index (Phi) is 3.97. The van der Waals surface area contributed by atoms with Crippen molar-refractivity contribution in [3.63, 3.8) is 0 Å².